The summed E-state index contributed by atoms with van der Waals surface area (Å²) in [5.41, 5.74) is 1.83. The number of hydrogen-bond donors (Lipinski definition) is 1. The van der Waals surface area contributed by atoms with E-state index in [9.17, 15) is 9.59 Å². The molecule has 5 nitrogen and oxygen atoms in total. The van der Waals surface area contributed by atoms with Crippen molar-refractivity contribution in [2.45, 2.75) is 6.54 Å². The van der Waals surface area contributed by atoms with Gasteiger partial charge >= 0.3 is 0 Å². The molecule has 0 radical (unpaired) electrons. The van der Waals surface area contributed by atoms with Gasteiger partial charge in [-0.25, -0.2) is 0 Å². The first-order chi connectivity index (χ1) is 10.7. The number of nitrogens with zero attached hydrogens (tertiary/aromatic N) is 2. The number of nitrogens with one attached hydrogen (secondary N) is 1. The number of amides is 1. The molecule has 3 aromatic rings. The van der Waals surface area contributed by atoms with Gasteiger partial charge in [-0.1, -0.05) is 24.3 Å². The summed E-state index contributed by atoms with van der Waals surface area (Å²) < 4.78 is 1.53. The molecular formula is C17H15N3O2. The van der Waals surface area contributed by atoms with Gasteiger partial charge in [-0.15, -0.1) is 0 Å². The zero-order valence-electron chi connectivity index (χ0n) is 12.1. The molecule has 22 heavy (non-hydrogen) atoms. The van der Waals surface area contributed by atoms with Crippen LogP contribution >= 0.6 is 0 Å². The highest BCUT2D eigenvalue weighted by Gasteiger charge is 2.12. The zero-order valence-corrected chi connectivity index (χ0v) is 12.1. The third-order valence-electron chi connectivity index (χ3n) is 3.57. The quantitative estimate of drug-likeness (QED) is 0.801. The second-order valence-electron chi connectivity index (χ2n) is 5.02. The summed E-state index contributed by atoms with van der Waals surface area (Å²) in [5.74, 6) is -0.266. The van der Waals surface area contributed by atoms with Crippen molar-refractivity contribution in [2.24, 2.45) is 7.05 Å². The average Bonchev–Trinajstić information content (AvgIpc) is 2.57. The van der Waals surface area contributed by atoms with Crippen molar-refractivity contribution >= 4 is 16.8 Å². The fourth-order valence-electron chi connectivity index (χ4n) is 2.38. The Kier molecular flexibility index (Phi) is 3.70. The molecule has 0 atom stereocenters. The van der Waals surface area contributed by atoms with Crippen LogP contribution in [-0.2, 0) is 13.6 Å². The van der Waals surface area contributed by atoms with Gasteiger partial charge in [-0.2, -0.15) is 0 Å². The summed E-state index contributed by atoms with van der Waals surface area (Å²) in [6, 6.07) is 12.4. The molecule has 0 aliphatic carbocycles. The van der Waals surface area contributed by atoms with Gasteiger partial charge in [-0.3, -0.25) is 14.6 Å². The Hall–Kier alpha value is -2.95. The van der Waals surface area contributed by atoms with Gasteiger partial charge in [0.1, 0.15) is 0 Å². The molecule has 0 aliphatic rings. The van der Waals surface area contributed by atoms with Crippen LogP contribution in [0.3, 0.4) is 0 Å². The maximum absolute atomic E-state index is 12.4. The lowest BCUT2D eigenvalue weighted by molar-refractivity contribution is 0.0952. The van der Waals surface area contributed by atoms with Crippen LogP contribution in [0.1, 0.15) is 15.9 Å². The number of aryl methyl sites for hydroxylation is 1. The molecule has 2 aromatic heterocycles. The molecular weight excluding hydrogens is 278 g/mol. The van der Waals surface area contributed by atoms with Crippen molar-refractivity contribution in [3.8, 4) is 0 Å². The van der Waals surface area contributed by atoms with E-state index in [0.29, 0.717) is 12.1 Å². The lowest BCUT2D eigenvalue weighted by atomic mass is 10.1. The van der Waals surface area contributed by atoms with E-state index >= 15 is 0 Å². The first kappa shape index (κ1) is 14.0. The normalized spacial score (nSPS) is 10.6. The lowest BCUT2D eigenvalue weighted by Gasteiger charge is -2.10. The highest BCUT2D eigenvalue weighted by atomic mass is 16.2. The van der Waals surface area contributed by atoms with Crippen molar-refractivity contribution in [2.75, 3.05) is 0 Å². The lowest BCUT2D eigenvalue weighted by Crippen LogP contribution is -2.26. The highest BCUT2D eigenvalue weighted by Crippen LogP contribution is 2.16. The van der Waals surface area contributed by atoms with Gasteiger partial charge in [0.25, 0.3) is 11.5 Å². The Balaban J connectivity index is 1.94. The second kappa shape index (κ2) is 5.81. The van der Waals surface area contributed by atoms with Gasteiger partial charge in [0.15, 0.2) is 0 Å². The largest absolute Gasteiger partial charge is 0.348 e. The fourth-order valence-corrected chi connectivity index (χ4v) is 2.38. The standard InChI is InChI=1S/C17H15N3O2/c1-20-15-7-3-2-6-13(15)14(9-16(20)21)17(22)19-11-12-5-4-8-18-10-12/h2-10H,11H2,1H3,(H,19,22). The molecule has 3 rings (SSSR count). The summed E-state index contributed by atoms with van der Waals surface area (Å²) in [4.78, 5) is 28.4. The van der Waals surface area contributed by atoms with Crippen molar-refractivity contribution in [1.29, 1.82) is 0 Å². The SMILES string of the molecule is Cn1c(=O)cc(C(=O)NCc2cccnc2)c2ccccc21. The maximum atomic E-state index is 12.4. The summed E-state index contributed by atoms with van der Waals surface area (Å²) in [5, 5.41) is 3.58. The van der Waals surface area contributed by atoms with Crippen LogP contribution in [0.15, 0.2) is 59.7 Å². The van der Waals surface area contributed by atoms with E-state index in [1.54, 1.807) is 19.4 Å². The molecule has 2 heterocycles. The minimum Gasteiger partial charge on any atom is -0.348 e. The summed E-state index contributed by atoms with van der Waals surface area (Å²) >= 11 is 0. The second-order valence-corrected chi connectivity index (χ2v) is 5.02. The Morgan fingerprint density at radius 1 is 1.23 bits per heavy atom. The fraction of sp³-hybridized carbons (Fsp3) is 0.118. The van der Waals surface area contributed by atoms with Gasteiger partial charge in [0.2, 0.25) is 0 Å². The molecule has 0 unspecified atom stereocenters. The smallest absolute Gasteiger partial charge is 0.252 e. The van der Waals surface area contributed by atoms with Crippen LogP contribution in [0.25, 0.3) is 10.9 Å². The van der Waals surface area contributed by atoms with E-state index in [0.717, 1.165) is 16.5 Å². The number of carbonyl (C=O) groups is 1. The first-order valence-electron chi connectivity index (χ1n) is 6.92. The third-order valence-corrected chi connectivity index (χ3v) is 3.57. The van der Waals surface area contributed by atoms with Crippen LogP contribution in [0, 0.1) is 0 Å². The number of carbonyl (C=O) groups excluding carboxylic acids is 1. The predicted octanol–water partition coefficient (Wildman–Crippen LogP) is 1.86. The van der Waals surface area contributed by atoms with Gasteiger partial charge < -0.3 is 9.88 Å². The Morgan fingerprint density at radius 3 is 2.82 bits per heavy atom. The van der Waals surface area contributed by atoms with E-state index in [2.05, 4.69) is 10.3 Å². The van der Waals surface area contributed by atoms with E-state index in [4.69, 9.17) is 0 Å². The molecule has 0 saturated carbocycles. The molecule has 0 spiro atoms. The van der Waals surface area contributed by atoms with Crippen molar-refractivity contribution in [1.82, 2.24) is 14.9 Å². The highest BCUT2D eigenvalue weighted by molar-refractivity contribution is 6.06. The monoisotopic (exact) mass is 293 g/mol. The number of hydrogen-bond acceptors (Lipinski definition) is 3. The van der Waals surface area contributed by atoms with Crippen molar-refractivity contribution in [3.05, 3.63) is 76.3 Å². The molecule has 0 fully saturated rings. The van der Waals surface area contributed by atoms with E-state index in [1.165, 1.54) is 10.6 Å². The third kappa shape index (κ3) is 2.61. The summed E-state index contributed by atoms with van der Waals surface area (Å²) in [6.45, 7) is 0.371. The maximum Gasteiger partial charge on any atom is 0.252 e. The number of rotatable bonds is 3. The summed E-state index contributed by atoms with van der Waals surface area (Å²) in [7, 11) is 1.70. The van der Waals surface area contributed by atoms with E-state index in [1.807, 2.05) is 36.4 Å². The first-order valence-corrected chi connectivity index (χ1v) is 6.92. The van der Waals surface area contributed by atoms with Gasteiger partial charge in [0, 0.05) is 37.4 Å². The number of aromatic nitrogens is 2. The van der Waals surface area contributed by atoms with E-state index in [-0.39, 0.29) is 11.5 Å². The van der Waals surface area contributed by atoms with Crippen LogP contribution in [0.4, 0.5) is 0 Å². The van der Waals surface area contributed by atoms with Crippen LogP contribution in [-0.4, -0.2) is 15.5 Å². The van der Waals surface area contributed by atoms with Crippen LogP contribution < -0.4 is 10.9 Å². The molecule has 0 saturated heterocycles. The Labute approximate surface area is 127 Å². The van der Waals surface area contributed by atoms with Crippen molar-refractivity contribution in [3.63, 3.8) is 0 Å². The molecule has 1 aromatic carbocycles. The van der Waals surface area contributed by atoms with Gasteiger partial charge in [0.05, 0.1) is 11.1 Å². The minimum absolute atomic E-state index is 0.203. The predicted molar refractivity (Wildman–Crippen MR) is 84.6 cm³/mol. The van der Waals surface area contributed by atoms with Gasteiger partial charge in [-0.05, 0) is 17.7 Å². The average molecular weight is 293 g/mol. The molecule has 0 bridgehead atoms. The number of para-hydroxylation sites is 1. The number of benzene rings is 1. The number of fused-ring (bicyclic) bond motifs is 1. The topological polar surface area (TPSA) is 64.0 Å². The molecule has 1 amide bonds. The summed E-state index contributed by atoms with van der Waals surface area (Å²) in [6.07, 6.45) is 3.38. The minimum atomic E-state index is -0.266. The van der Waals surface area contributed by atoms with Crippen LogP contribution in [0.5, 0.6) is 0 Å². The van der Waals surface area contributed by atoms with Crippen LogP contribution in [0.2, 0.25) is 0 Å². The molecule has 1 N–H and O–H groups in total. The molecule has 110 valence electrons. The zero-order chi connectivity index (χ0) is 15.5. The molecule has 5 heteroatoms. The number of pyridine rings is 2. The van der Waals surface area contributed by atoms with Crippen molar-refractivity contribution < 1.29 is 4.79 Å². The molecule has 0 aliphatic heterocycles. The Morgan fingerprint density at radius 2 is 2.05 bits per heavy atom. The Bertz CT molecular complexity index is 885. The van der Waals surface area contributed by atoms with E-state index < -0.39 is 0 Å².